The van der Waals surface area contributed by atoms with Gasteiger partial charge in [0.2, 0.25) is 10.0 Å². The molecule has 0 amide bonds. The summed E-state index contributed by atoms with van der Waals surface area (Å²) in [5, 5.41) is 6.22. The Bertz CT molecular complexity index is 725. The quantitative estimate of drug-likeness (QED) is 0.870. The number of benzene rings is 1. The molecule has 0 aliphatic heterocycles. The number of primary sulfonamides is 1. The van der Waals surface area contributed by atoms with Crippen LogP contribution in [0.4, 0.5) is 0 Å². The van der Waals surface area contributed by atoms with Crippen molar-refractivity contribution in [2.45, 2.75) is 11.1 Å². The minimum atomic E-state index is -3.74. The number of hydrogen-bond donors (Lipinski definition) is 1. The summed E-state index contributed by atoms with van der Waals surface area (Å²) in [6, 6.07) is 3.46. The molecule has 2 rings (SSSR count). The second-order valence-corrected chi connectivity index (χ2v) is 7.41. The van der Waals surface area contributed by atoms with Gasteiger partial charge in [0.25, 0.3) is 0 Å². The number of ether oxygens (including phenoxy) is 1. The van der Waals surface area contributed by atoms with Gasteiger partial charge in [-0.05, 0) is 24.6 Å². The van der Waals surface area contributed by atoms with Crippen molar-refractivity contribution in [3.8, 4) is 5.75 Å². The maximum Gasteiger partial charge on any atom is 0.247 e. The highest BCUT2D eigenvalue weighted by atomic mass is 35.5. The van der Waals surface area contributed by atoms with Gasteiger partial charge in [0.15, 0.2) is 0 Å². The van der Waals surface area contributed by atoms with Crippen LogP contribution in [-0.2, 0) is 10.0 Å². The van der Waals surface area contributed by atoms with Crippen LogP contribution in [0.2, 0.25) is 5.02 Å². The Kier molecular flexibility index (Phi) is 4.27. The summed E-state index contributed by atoms with van der Waals surface area (Å²) in [5.74, 6) is 0.830. The Balaban J connectivity index is 2.66. The van der Waals surface area contributed by atoms with E-state index in [-0.39, 0.29) is 4.21 Å². The van der Waals surface area contributed by atoms with E-state index in [0.717, 1.165) is 16.0 Å². The lowest BCUT2D eigenvalue weighted by Crippen LogP contribution is -2.11. The second kappa shape index (κ2) is 5.46. The number of rotatable bonds is 4. The van der Waals surface area contributed by atoms with Crippen LogP contribution in [-0.4, -0.2) is 20.9 Å². The smallest absolute Gasteiger partial charge is 0.247 e. The monoisotopic (exact) mass is 339 g/mol. The number of fused-ring (bicyclic) bond motifs is 1. The van der Waals surface area contributed by atoms with Crippen LogP contribution in [0.3, 0.4) is 0 Å². The summed E-state index contributed by atoms with van der Waals surface area (Å²) in [4.78, 5) is 0. The van der Waals surface area contributed by atoms with Gasteiger partial charge in [0.05, 0.1) is 10.9 Å². The topological polar surface area (TPSA) is 69.4 Å². The molecule has 19 heavy (non-hydrogen) atoms. The van der Waals surface area contributed by atoms with Gasteiger partial charge in [-0.2, -0.15) is 0 Å². The summed E-state index contributed by atoms with van der Waals surface area (Å²) < 4.78 is 29.3. The van der Waals surface area contributed by atoms with E-state index in [9.17, 15) is 8.42 Å². The number of halogens is 2. The van der Waals surface area contributed by atoms with E-state index in [1.54, 1.807) is 19.1 Å². The fourth-order valence-electron chi connectivity index (χ4n) is 1.78. The maximum absolute atomic E-state index is 11.5. The third kappa shape index (κ3) is 2.83. The number of alkyl halides is 1. The minimum absolute atomic E-state index is 0.124. The number of thiophene rings is 1. The molecule has 104 valence electrons. The Labute approximate surface area is 125 Å². The molecule has 2 N–H and O–H groups in total. The summed E-state index contributed by atoms with van der Waals surface area (Å²) in [7, 11) is -3.74. The van der Waals surface area contributed by atoms with Crippen LogP contribution >= 0.6 is 34.5 Å². The zero-order valence-electron chi connectivity index (χ0n) is 9.94. The average Bonchev–Trinajstić information content (AvgIpc) is 2.66. The van der Waals surface area contributed by atoms with Gasteiger partial charge < -0.3 is 4.74 Å². The van der Waals surface area contributed by atoms with Gasteiger partial charge in [-0.1, -0.05) is 11.6 Å². The average molecular weight is 340 g/mol. The van der Waals surface area contributed by atoms with E-state index in [2.05, 4.69) is 0 Å². The third-order valence-corrected chi connectivity index (χ3v) is 5.90. The van der Waals surface area contributed by atoms with Gasteiger partial charge >= 0.3 is 0 Å². The Morgan fingerprint density at radius 1 is 1.42 bits per heavy atom. The van der Waals surface area contributed by atoms with E-state index in [0.29, 0.717) is 34.2 Å². The number of sulfonamides is 1. The minimum Gasteiger partial charge on any atom is -0.491 e. The lowest BCUT2D eigenvalue weighted by molar-refractivity contribution is 0.343. The summed E-state index contributed by atoms with van der Waals surface area (Å²) in [5.41, 5.74) is 0.545. The molecule has 8 heteroatoms. The molecule has 0 radical (unpaired) electrons. The largest absolute Gasteiger partial charge is 0.491 e. The van der Waals surface area contributed by atoms with E-state index in [1.807, 2.05) is 0 Å². The van der Waals surface area contributed by atoms with Gasteiger partial charge in [-0.3, -0.25) is 0 Å². The molecular weight excluding hydrogens is 329 g/mol. The van der Waals surface area contributed by atoms with Crippen LogP contribution < -0.4 is 9.88 Å². The first-order chi connectivity index (χ1) is 8.86. The van der Waals surface area contributed by atoms with E-state index >= 15 is 0 Å². The van der Waals surface area contributed by atoms with Crippen molar-refractivity contribution in [1.29, 1.82) is 0 Å². The summed E-state index contributed by atoms with van der Waals surface area (Å²) in [6.45, 7) is 2.01. The van der Waals surface area contributed by atoms with Crippen LogP contribution in [0, 0.1) is 6.92 Å². The zero-order chi connectivity index (χ0) is 14.2. The molecule has 0 saturated heterocycles. The predicted octanol–water partition coefficient (Wildman–Crippen LogP) is 3.13. The van der Waals surface area contributed by atoms with Gasteiger partial charge in [0.1, 0.15) is 16.6 Å². The first-order valence-corrected chi connectivity index (χ1v) is 8.57. The molecule has 0 aliphatic carbocycles. The highest BCUT2D eigenvalue weighted by molar-refractivity contribution is 7.91. The Morgan fingerprint density at radius 2 is 2.11 bits per heavy atom. The second-order valence-electron chi connectivity index (χ2n) is 3.85. The van der Waals surface area contributed by atoms with Gasteiger partial charge in [-0.15, -0.1) is 22.9 Å². The molecule has 1 aromatic heterocycles. The molecule has 1 aromatic carbocycles. The first-order valence-electron chi connectivity index (χ1n) is 5.29. The van der Waals surface area contributed by atoms with Crippen molar-refractivity contribution >= 4 is 54.6 Å². The van der Waals surface area contributed by atoms with Crippen LogP contribution in [0.25, 0.3) is 10.1 Å². The highest BCUT2D eigenvalue weighted by Crippen LogP contribution is 2.41. The van der Waals surface area contributed by atoms with E-state index in [4.69, 9.17) is 33.1 Å². The molecule has 0 unspecified atom stereocenters. The molecule has 0 fully saturated rings. The van der Waals surface area contributed by atoms with E-state index < -0.39 is 10.0 Å². The molecule has 2 aromatic rings. The Morgan fingerprint density at radius 3 is 2.68 bits per heavy atom. The fourth-order valence-corrected chi connectivity index (χ4v) is 4.49. The highest BCUT2D eigenvalue weighted by Gasteiger charge is 2.21. The van der Waals surface area contributed by atoms with Crippen LogP contribution in [0.15, 0.2) is 16.3 Å². The molecule has 4 nitrogen and oxygen atoms in total. The lowest BCUT2D eigenvalue weighted by Gasteiger charge is -2.07. The van der Waals surface area contributed by atoms with Crippen molar-refractivity contribution < 1.29 is 13.2 Å². The fraction of sp³-hybridized carbons (Fsp3) is 0.273. The summed E-state index contributed by atoms with van der Waals surface area (Å²) >= 11 is 12.9. The van der Waals surface area contributed by atoms with E-state index in [1.165, 1.54) is 0 Å². The Hall–Kier alpha value is -0.530. The summed E-state index contributed by atoms with van der Waals surface area (Å²) in [6.07, 6.45) is 0. The normalized spacial score (nSPS) is 12.0. The van der Waals surface area contributed by atoms with Crippen molar-refractivity contribution in [3.63, 3.8) is 0 Å². The molecular formula is C11H11Cl2NO3S2. The molecule has 0 saturated carbocycles. The van der Waals surface area contributed by atoms with Gasteiger partial charge in [-0.25, -0.2) is 13.6 Å². The van der Waals surface area contributed by atoms with Crippen LogP contribution in [0.1, 0.15) is 5.56 Å². The third-order valence-electron chi connectivity index (χ3n) is 2.55. The standard InChI is InChI=1S/C11H11Cl2NO3S2/c1-6-9-8(18-11(6)19(14,15)16)3-2-7(10(9)13)17-5-4-12/h2-3H,4-5H2,1H3,(H2,14,15,16). The molecule has 0 spiro atoms. The number of nitrogens with two attached hydrogens (primary N) is 1. The first kappa shape index (κ1) is 14.9. The number of aryl methyl sites for hydroxylation is 1. The van der Waals surface area contributed by atoms with Crippen molar-refractivity contribution in [2.75, 3.05) is 12.5 Å². The molecule has 0 bridgehead atoms. The predicted molar refractivity (Wildman–Crippen MR) is 79.2 cm³/mol. The van der Waals surface area contributed by atoms with Crippen molar-refractivity contribution in [3.05, 3.63) is 22.7 Å². The maximum atomic E-state index is 11.5. The van der Waals surface area contributed by atoms with Crippen molar-refractivity contribution in [1.82, 2.24) is 0 Å². The van der Waals surface area contributed by atoms with Gasteiger partial charge in [0, 0.05) is 10.1 Å². The molecule has 0 aliphatic rings. The zero-order valence-corrected chi connectivity index (χ0v) is 13.1. The molecule has 0 atom stereocenters. The molecule has 1 heterocycles. The van der Waals surface area contributed by atoms with Crippen molar-refractivity contribution in [2.24, 2.45) is 5.14 Å². The SMILES string of the molecule is Cc1c(S(N)(=O)=O)sc2ccc(OCCCl)c(Cl)c12. The van der Waals surface area contributed by atoms with Crippen LogP contribution in [0.5, 0.6) is 5.75 Å². The number of hydrogen-bond acceptors (Lipinski definition) is 4. The lowest BCUT2D eigenvalue weighted by atomic mass is 10.2.